The van der Waals surface area contributed by atoms with E-state index in [0.29, 0.717) is 0 Å². The van der Waals surface area contributed by atoms with Crippen LogP contribution in [0.3, 0.4) is 0 Å². The number of nitrogens with zero attached hydrogens (tertiary/aromatic N) is 3. The normalized spacial score (nSPS) is 22.3. The van der Waals surface area contributed by atoms with Crippen LogP contribution in [0.2, 0.25) is 0 Å². The minimum atomic E-state index is -0.345. The number of rotatable bonds is 2. The molecule has 2 heterocycles. The average Bonchev–Trinajstić information content (AvgIpc) is 2.71. The molecule has 0 bridgehead atoms. The largest absolute Gasteiger partial charge is 0.354 e. The number of hydrogen-bond donors (Lipinski definition) is 1. The van der Waals surface area contributed by atoms with Gasteiger partial charge in [0, 0.05) is 32.7 Å². The molecule has 0 saturated carbocycles. The monoisotopic (exact) mass is 312 g/mol. The molecule has 122 valence electrons. The summed E-state index contributed by atoms with van der Waals surface area (Å²) in [7, 11) is 2.07. The van der Waals surface area contributed by atoms with Gasteiger partial charge in [0.1, 0.15) is 5.54 Å². The highest BCUT2D eigenvalue weighted by Gasteiger charge is 2.45. The SMILES string of the molecule is CN1CCCNC(=O)C12CCN(Cc1ccccc1C#N)CC2. The molecule has 1 amide bonds. The molecule has 2 saturated heterocycles. The van der Waals surface area contributed by atoms with Crippen LogP contribution in [0.25, 0.3) is 0 Å². The zero-order chi connectivity index (χ0) is 16.3. The van der Waals surface area contributed by atoms with Crippen molar-refractivity contribution in [2.75, 3.05) is 33.2 Å². The molecule has 5 nitrogen and oxygen atoms in total. The van der Waals surface area contributed by atoms with Crippen molar-refractivity contribution in [1.82, 2.24) is 15.1 Å². The van der Waals surface area contributed by atoms with E-state index in [9.17, 15) is 10.1 Å². The van der Waals surface area contributed by atoms with Crippen molar-refractivity contribution in [2.45, 2.75) is 31.3 Å². The summed E-state index contributed by atoms with van der Waals surface area (Å²) in [5.74, 6) is 0.189. The molecule has 0 aliphatic carbocycles. The van der Waals surface area contributed by atoms with Crippen molar-refractivity contribution in [3.63, 3.8) is 0 Å². The minimum Gasteiger partial charge on any atom is -0.354 e. The molecule has 1 N–H and O–H groups in total. The quantitative estimate of drug-likeness (QED) is 0.895. The molecule has 0 unspecified atom stereocenters. The number of nitrogens with one attached hydrogen (secondary N) is 1. The maximum Gasteiger partial charge on any atom is 0.240 e. The number of hydrogen-bond acceptors (Lipinski definition) is 4. The molecule has 1 aromatic carbocycles. The number of likely N-dealkylation sites (tertiary alicyclic amines) is 1. The Kier molecular flexibility index (Phi) is 4.65. The predicted molar refractivity (Wildman–Crippen MR) is 88.7 cm³/mol. The van der Waals surface area contributed by atoms with Crippen LogP contribution in [-0.2, 0) is 11.3 Å². The van der Waals surface area contributed by atoms with Crippen LogP contribution in [0, 0.1) is 11.3 Å². The fourth-order valence-corrected chi connectivity index (χ4v) is 3.77. The van der Waals surface area contributed by atoms with Crippen molar-refractivity contribution < 1.29 is 4.79 Å². The summed E-state index contributed by atoms with van der Waals surface area (Å²) in [5.41, 5.74) is 1.48. The van der Waals surface area contributed by atoms with Crippen LogP contribution in [-0.4, -0.2) is 54.5 Å². The highest BCUT2D eigenvalue weighted by molar-refractivity contribution is 5.86. The Morgan fingerprint density at radius 3 is 2.74 bits per heavy atom. The van der Waals surface area contributed by atoms with E-state index in [-0.39, 0.29) is 11.4 Å². The van der Waals surface area contributed by atoms with Crippen LogP contribution >= 0.6 is 0 Å². The number of likely N-dealkylation sites (N-methyl/N-ethyl adjacent to an activating group) is 1. The van der Waals surface area contributed by atoms with E-state index in [0.717, 1.165) is 63.1 Å². The number of nitriles is 1. The average molecular weight is 312 g/mol. The van der Waals surface area contributed by atoms with Gasteiger partial charge in [-0.1, -0.05) is 18.2 Å². The Morgan fingerprint density at radius 2 is 2.00 bits per heavy atom. The first-order valence-corrected chi connectivity index (χ1v) is 8.36. The second-order valence-corrected chi connectivity index (χ2v) is 6.61. The second-order valence-electron chi connectivity index (χ2n) is 6.61. The second kappa shape index (κ2) is 6.69. The van der Waals surface area contributed by atoms with Gasteiger partial charge in [0.25, 0.3) is 0 Å². The Balaban J connectivity index is 1.68. The zero-order valence-electron chi connectivity index (χ0n) is 13.7. The lowest BCUT2D eigenvalue weighted by Gasteiger charge is -2.45. The molecule has 23 heavy (non-hydrogen) atoms. The molecule has 2 aliphatic heterocycles. The zero-order valence-corrected chi connectivity index (χ0v) is 13.7. The first kappa shape index (κ1) is 16.0. The smallest absolute Gasteiger partial charge is 0.240 e. The maximum atomic E-state index is 12.6. The summed E-state index contributed by atoms with van der Waals surface area (Å²) in [6.45, 7) is 4.31. The highest BCUT2D eigenvalue weighted by Crippen LogP contribution is 2.30. The van der Waals surface area contributed by atoms with Crippen LogP contribution < -0.4 is 5.32 Å². The van der Waals surface area contributed by atoms with E-state index in [1.54, 1.807) is 0 Å². The van der Waals surface area contributed by atoms with Gasteiger partial charge in [-0.05, 0) is 37.9 Å². The first-order valence-electron chi connectivity index (χ1n) is 8.36. The number of carbonyl (C=O) groups excluding carboxylic acids is 1. The third-order valence-corrected chi connectivity index (χ3v) is 5.32. The van der Waals surface area contributed by atoms with Crippen LogP contribution in [0.1, 0.15) is 30.4 Å². The lowest BCUT2D eigenvalue weighted by atomic mass is 9.85. The molecule has 2 fully saturated rings. The van der Waals surface area contributed by atoms with Gasteiger partial charge in [0.2, 0.25) is 5.91 Å². The predicted octanol–water partition coefficient (Wildman–Crippen LogP) is 1.34. The van der Waals surface area contributed by atoms with E-state index in [1.807, 2.05) is 24.3 Å². The number of amides is 1. The van der Waals surface area contributed by atoms with Crippen LogP contribution in [0.15, 0.2) is 24.3 Å². The lowest BCUT2D eigenvalue weighted by molar-refractivity contribution is -0.134. The van der Waals surface area contributed by atoms with Gasteiger partial charge in [0.05, 0.1) is 11.6 Å². The van der Waals surface area contributed by atoms with E-state index in [2.05, 4.69) is 28.2 Å². The number of piperidine rings is 1. The standard InChI is InChI=1S/C18H24N4O/c1-21-10-4-9-20-17(23)18(21)7-11-22(12-8-18)14-16-6-3-2-5-15(16)13-19/h2-3,5-6H,4,7-12,14H2,1H3,(H,20,23). The number of benzene rings is 1. The summed E-state index contributed by atoms with van der Waals surface area (Å²) in [6.07, 6.45) is 2.72. The topological polar surface area (TPSA) is 59.4 Å². The Labute approximate surface area is 137 Å². The first-order chi connectivity index (χ1) is 11.2. The summed E-state index contributed by atoms with van der Waals surface area (Å²) >= 11 is 0. The highest BCUT2D eigenvalue weighted by atomic mass is 16.2. The van der Waals surface area contributed by atoms with E-state index in [4.69, 9.17) is 0 Å². The fraction of sp³-hybridized carbons (Fsp3) is 0.556. The fourth-order valence-electron chi connectivity index (χ4n) is 3.77. The molecule has 2 aliphatic rings. The van der Waals surface area contributed by atoms with E-state index < -0.39 is 0 Å². The van der Waals surface area contributed by atoms with E-state index in [1.165, 1.54) is 0 Å². The molecular weight excluding hydrogens is 288 g/mol. The molecule has 3 rings (SSSR count). The van der Waals surface area contributed by atoms with Crippen molar-refractivity contribution in [3.05, 3.63) is 35.4 Å². The summed E-state index contributed by atoms with van der Waals surface area (Å²) in [6, 6.07) is 10.0. The van der Waals surface area contributed by atoms with Crippen molar-refractivity contribution in [2.24, 2.45) is 0 Å². The van der Waals surface area contributed by atoms with Crippen LogP contribution in [0.5, 0.6) is 0 Å². The van der Waals surface area contributed by atoms with Crippen molar-refractivity contribution >= 4 is 5.91 Å². The van der Waals surface area contributed by atoms with Gasteiger partial charge in [-0.3, -0.25) is 14.6 Å². The third kappa shape index (κ3) is 3.10. The Hall–Kier alpha value is -1.90. The van der Waals surface area contributed by atoms with Crippen molar-refractivity contribution in [3.8, 4) is 6.07 Å². The molecule has 5 heteroatoms. The van der Waals surface area contributed by atoms with Crippen molar-refractivity contribution in [1.29, 1.82) is 5.26 Å². The van der Waals surface area contributed by atoms with Gasteiger partial charge in [-0.2, -0.15) is 5.26 Å². The molecule has 0 aromatic heterocycles. The summed E-state index contributed by atoms with van der Waals surface area (Å²) in [4.78, 5) is 17.2. The number of carbonyl (C=O) groups is 1. The van der Waals surface area contributed by atoms with Crippen LogP contribution in [0.4, 0.5) is 0 Å². The molecule has 0 radical (unpaired) electrons. The maximum absolute atomic E-state index is 12.6. The Bertz CT molecular complexity index is 614. The van der Waals surface area contributed by atoms with Gasteiger partial charge in [-0.15, -0.1) is 0 Å². The summed E-state index contributed by atoms with van der Waals surface area (Å²) < 4.78 is 0. The molecule has 1 aromatic rings. The van der Waals surface area contributed by atoms with Gasteiger partial charge in [-0.25, -0.2) is 0 Å². The minimum absolute atomic E-state index is 0.189. The molecular formula is C18H24N4O. The van der Waals surface area contributed by atoms with E-state index >= 15 is 0 Å². The molecule has 0 atom stereocenters. The van der Waals surface area contributed by atoms with Gasteiger partial charge in [0.15, 0.2) is 0 Å². The third-order valence-electron chi connectivity index (χ3n) is 5.32. The van der Waals surface area contributed by atoms with Gasteiger partial charge < -0.3 is 5.32 Å². The Morgan fingerprint density at radius 1 is 1.26 bits per heavy atom. The summed E-state index contributed by atoms with van der Waals surface area (Å²) in [5, 5.41) is 12.3. The lowest BCUT2D eigenvalue weighted by Crippen LogP contribution is -2.60. The molecule has 1 spiro atoms. The van der Waals surface area contributed by atoms with Gasteiger partial charge >= 0.3 is 0 Å².